The van der Waals surface area contributed by atoms with Crippen molar-refractivity contribution in [3.8, 4) is 0 Å². The lowest BCUT2D eigenvalue weighted by molar-refractivity contribution is 0.0880. The van der Waals surface area contributed by atoms with Crippen molar-refractivity contribution in [3.63, 3.8) is 0 Å². The molecule has 1 aromatic rings. The fraction of sp³-hybridized carbons (Fsp3) is 0.500. The van der Waals surface area contributed by atoms with Crippen LogP contribution in [0.3, 0.4) is 0 Å². The van der Waals surface area contributed by atoms with Crippen LogP contribution in [0.25, 0.3) is 0 Å². The van der Waals surface area contributed by atoms with Crippen molar-refractivity contribution in [1.29, 1.82) is 0 Å². The van der Waals surface area contributed by atoms with Crippen molar-refractivity contribution in [2.45, 2.75) is 39.2 Å². The first-order chi connectivity index (χ1) is 7.44. The van der Waals surface area contributed by atoms with Gasteiger partial charge in [-0.3, -0.25) is 4.79 Å². The number of carbonyl (C=O) groups is 1. The van der Waals surface area contributed by atoms with Gasteiger partial charge in [-0.15, -0.1) is 0 Å². The standard InChI is InChI=1S/C12H19N3O/c1-4-12(14,5-2)10(16)9-6-8(3)7-15-11(9)13/h6-7H,4-5,14H2,1-3H3,(H2,13,15). The van der Waals surface area contributed by atoms with Gasteiger partial charge in [-0.2, -0.15) is 0 Å². The quantitative estimate of drug-likeness (QED) is 0.758. The molecule has 0 fully saturated rings. The fourth-order valence-corrected chi connectivity index (χ4v) is 1.60. The Morgan fingerprint density at radius 3 is 2.50 bits per heavy atom. The van der Waals surface area contributed by atoms with E-state index in [1.807, 2.05) is 20.8 Å². The Labute approximate surface area is 96.0 Å². The maximum atomic E-state index is 12.3. The lowest BCUT2D eigenvalue weighted by Gasteiger charge is -2.25. The highest BCUT2D eigenvalue weighted by Gasteiger charge is 2.32. The molecule has 0 spiro atoms. The number of hydrogen-bond acceptors (Lipinski definition) is 4. The maximum absolute atomic E-state index is 12.3. The van der Waals surface area contributed by atoms with E-state index < -0.39 is 5.54 Å². The van der Waals surface area contributed by atoms with Gasteiger partial charge in [0.05, 0.1) is 11.1 Å². The van der Waals surface area contributed by atoms with Gasteiger partial charge in [0.1, 0.15) is 5.82 Å². The molecule has 0 aliphatic heterocycles. The van der Waals surface area contributed by atoms with E-state index in [2.05, 4.69) is 4.98 Å². The number of aryl methyl sites for hydroxylation is 1. The third-order valence-corrected chi connectivity index (χ3v) is 3.01. The lowest BCUT2D eigenvalue weighted by Crippen LogP contribution is -2.47. The van der Waals surface area contributed by atoms with Gasteiger partial charge in [0.2, 0.25) is 0 Å². The third-order valence-electron chi connectivity index (χ3n) is 3.01. The van der Waals surface area contributed by atoms with Crippen molar-refractivity contribution >= 4 is 11.6 Å². The second-order valence-electron chi connectivity index (χ2n) is 4.14. The van der Waals surface area contributed by atoms with Gasteiger partial charge in [-0.05, 0) is 31.4 Å². The summed E-state index contributed by atoms with van der Waals surface area (Å²) in [5, 5.41) is 0. The van der Waals surface area contributed by atoms with Gasteiger partial charge in [-0.25, -0.2) is 4.98 Å². The number of rotatable bonds is 4. The van der Waals surface area contributed by atoms with Crippen LogP contribution in [0.1, 0.15) is 42.6 Å². The molecule has 4 N–H and O–H groups in total. The van der Waals surface area contributed by atoms with Gasteiger partial charge >= 0.3 is 0 Å². The Hall–Kier alpha value is -1.42. The first-order valence-electron chi connectivity index (χ1n) is 5.50. The molecule has 4 nitrogen and oxygen atoms in total. The van der Waals surface area contributed by atoms with Gasteiger partial charge in [0, 0.05) is 6.20 Å². The number of nitrogens with zero attached hydrogens (tertiary/aromatic N) is 1. The van der Waals surface area contributed by atoms with E-state index in [4.69, 9.17) is 11.5 Å². The number of carbonyl (C=O) groups excluding carboxylic acids is 1. The Morgan fingerprint density at radius 1 is 1.44 bits per heavy atom. The normalized spacial score (nSPS) is 11.5. The first-order valence-corrected chi connectivity index (χ1v) is 5.50. The van der Waals surface area contributed by atoms with Crippen LogP contribution >= 0.6 is 0 Å². The molecular formula is C12H19N3O. The number of nitrogens with two attached hydrogens (primary N) is 2. The highest BCUT2D eigenvalue weighted by atomic mass is 16.1. The van der Waals surface area contributed by atoms with Gasteiger partial charge < -0.3 is 11.5 Å². The van der Waals surface area contributed by atoms with E-state index in [0.29, 0.717) is 18.4 Å². The molecule has 1 heterocycles. The van der Waals surface area contributed by atoms with Crippen molar-refractivity contribution in [3.05, 3.63) is 23.4 Å². The molecule has 1 aromatic heterocycles. The average Bonchev–Trinajstić information content (AvgIpc) is 2.30. The molecule has 0 aliphatic rings. The Kier molecular flexibility index (Phi) is 3.65. The molecule has 1 rings (SSSR count). The van der Waals surface area contributed by atoms with Crippen molar-refractivity contribution in [2.75, 3.05) is 5.73 Å². The zero-order valence-corrected chi connectivity index (χ0v) is 10.1. The lowest BCUT2D eigenvalue weighted by atomic mass is 9.85. The van der Waals surface area contributed by atoms with E-state index >= 15 is 0 Å². The predicted molar refractivity (Wildman–Crippen MR) is 65.2 cm³/mol. The Bertz CT molecular complexity index is 397. The van der Waals surface area contributed by atoms with Gasteiger partial charge in [0.25, 0.3) is 0 Å². The summed E-state index contributed by atoms with van der Waals surface area (Å²) in [6.07, 6.45) is 2.83. The predicted octanol–water partition coefficient (Wildman–Crippen LogP) is 1.67. The van der Waals surface area contributed by atoms with Crippen LogP contribution in [0.15, 0.2) is 12.3 Å². The number of aromatic nitrogens is 1. The zero-order chi connectivity index (χ0) is 12.3. The number of Topliss-reactive ketones (excluding diaryl/α,β-unsaturated/α-hetero) is 1. The second-order valence-corrected chi connectivity index (χ2v) is 4.14. The number of anilines is 1. The minimum absolute atomic E-state index is 0.119. The molecule has 0 bridgehead atoms. The molecule has 0 saturated carbocycles. The van der Waals surface area contributed by atoms with Crippen LogP contribution in [0.4, 0.5) is 5.82 Å². The summed E-state index contributed by atoms with van der Waals surface area (Å²) in [6, 6.07) is 1.75. The summed E-state index contributed by atoms with van der Waals surface area (Å²) in [7, 11) is 0. The summed E-state index contributed by atoms with van der Waals surface area (Å²) in [4.78, 5) is 16.2. The summed E-state index contributed by atoms with van der Waals surface area (Å²) >= 11 is 0. The number of nitrogen functional groups attached to an aromatic ring is 1. The minimum atomic E-state index is -0.830. The zero-order valence-electron chi connectivity index (χ0n) is 10.1. The Morgan fingerprint density at radius 2 is 2.00 bits per heavy atom. The van der Waals surface area contributed by atoms with Crippen molar-refractivity contribution in [2.24, 2.45) is 5.73 Å². The minimum Gasteiger partial charge on any atom is -0.383 e. The van der Waals surface area contributed by atoms with Crippen LogP contribution < -0.4 is 11.5 Å². The van der Waals surface area contributed by atoms with Gasteiger partial charge in [0.15, 0.2) is 5.78 Å². The van der Waals surface area contributed by atoms with E-state index in [9.17, 15) is 4.79 Å². The summed E-state index contributed by atoms with van der Waals surface area (Å²) in [5.41, 5.74) is 12.3. The second kappa shape index (κ2) is 4.61. The monoisotopic (exact) mass is 221 g/mol. The topological polar surface area (TPSA) is 82.0 Å². The number of pyridine rings is 1. The molecule has 0 unspecified atom stereocenters. The molecule has 0 saturated heterocycles. The third kappa shape index (κ3) is 2.22. The van der Waals surface area contributed by atoms with E-state index in [1.54, 1.807) is 12.3 Å². The molecule has 0 aliphatic carbocycles. The molecule has 88 valence electrons. The van der Waals surface area contributed by atoms with Crippen molar-refractivity contribution < 1.29 is 4.79 Å². The Balaban J connectivity index is 3.18. The summed E-state index contributed by atoms with van der Waals surface area (Å²) in [5.74, 6) is 0.138. The number of hydrogen-bond donors (Lipinski definition) is 2. The summed E-state index contributed by atoms with van der Waals surface area (Å²) in [6.45, 7) is 5.68. The van der Waals surface area contributed by atoms with Crippen LogP contribution in [0.2, 0.25) is 0 Å². The van der Waals surface area contributed by atoms with E-state index in [0.717, 1.165) is 5.56 Å². The smallest absolute Gasteiger partial charge is 0.186 e. The van der Waals surface area contributed by atoms with Gasteiger partial charge in [-0.1, -0.05) is 13.8 Å². The molecule has 0 radical (unpaired) electrons. The molecule has 0 aromatic carbocycles. The number of ketones is 1. The van der Waals surface area contributed by atoms with Crippen molar-refractivity contribution in [1.82, 2.24) is 4.98 Å². The SMILES string of the molecule is CCC(N)(CC)C(=O)c1cc(C)cnc1N. The molecule has 16 heavy (non-hydrogen) atoms. The first kappa shape index (κ1) is 12.6. The maximum Gasteiger partial charge on any atom is 0.186 e. The largest absolute Gasteiger partial charge is 0.383 e. The van der Waals surface area contributed by atoms with E-state index in [1.165, 1.54) is 0 Å². The molecule has 0 amide bonds. The van der Waals surface area contributed by atoms with Crippen LogP contribution in [-0.4, -0.2) is 16.3 Å². The fourth-order valence-electron chi connectivity index (χ4n) is 1.60. The molecule has 4 heteroatoms. The van der Waals surface area contributed by atoms with Crippen LogP contribution in [0, 0.1) is 6.92 Å². The van der Waals surface area contributed by atoms with E-state index in [-0.39, 0.29) is 11.6 Å². The molecule has 0 atom stereocenters. The average molecular weight is 221 g/mol. The summed E-state index contributed by atoms with van der Waals surface area (Å²) < 4.78 is 0. The highest BCUT2D eigenvalue weighted by Crippen LogP contribution is 2.21. The molecular weight excluding hydrogens is 202 g/mol. The van der Waals surface area contributed by atoms with Crippen LogP contribution in [0.5, 0.6) is 0 Å². The highest BCUT2D eigenvalue weighted by molar-refractivity contribution is 6.06. The van der Waals surface area contributed by atoms with Crippen LogP contribution in [-0.2, 0) is 0 Å².